The average molecular weight is 376 g/mol. The molecule has 2 fully saturated rings. The van der Waals surface area contributed by atoms with Crippen molar-refractivity contribution in [1.82, 2.24) is 15.1 Å². The minimum atomic E-state index is -0.147. The van der Waals surface area contributed by atoms with Gasteiger partial charge in [-0.05, 0) is 44.7 Å². The molecule has 27 heavy (non-hydrogen) atoms. The molecule has 1 aromatic rings. The lowest BCUT2D eigenvalue weighted by Gasteiger charge is -2.34. The van der Waals surface area contributed by atoms with Gasteiger partial charge < -0.3 is 25.2 Å². The molecule has 150 valence electrons. The quantitative estimate of drug-likeness (QED) is 0.818. The maximum atomic E-state index is 12.4. The number of hydrogen-bond acceptors (Lipinski definition) is 5. The molecule has 0 aliphatic carbocycles. The van der Waals surface area contributed by atoms with Gasteiger partial charge in [0.2, 0.25) is 0 Å². The Morgan fingerprint density at radius 3 is 2.52 bits per heavy atom. The van der Waals surface area contributed by atoms with E-state index in [1.807, 2.05) is 19.9 Å². The van der Waals surface area contributed by atoms with Crippen LogP contribution in [0.5, 0.6) is 0 Å². The minimum Gasteiger partial charge on any atom is -0.379 e. The first-order valence-corrected chi connectivity index (χ1v) is 9.93. The van der Waals surface area contributed by atoms with Crippen molar-refractivity contribution in [2.45, 2.75) is 19.9 Å². The number of nitrogens with one attached hydrogen (secondary N) is 2. The van der Waals surface area contributed by atoms with Gasteiger partial charge in [-0.15, -0.1) is 0 Å². The van der Waals surface area contributed by atoms with Crippen molar-refractivity contribution in [3.63, 3.8) is 0 Å². The zero-order valence-electron chi connectivity index (χ0n) is 16.8. The standard InChI is InChI=1S/C20H33N5O2/c1-16-14-18(25-8-6-23(3)7-9-25)4-5-19(16)22-20(26)21-17(2)15-24-10-12-27-13-11-24/h4-5,14,17H,6-13,15H2,1-3H3,(H2,21,22,26). The molecule has 7 heteroatoms. The normalized spacial score (nSPS) is 20.3. The summed E-state index contributed by atoms with van der Waals surface area (Å²) < 4.78 is 5.37. The summed E-state index contributed by atoms with van der Waals surface area (Å²) in [6, 6.07) is 6.22. The number of likely N-dealkylation sites (N-methyl/N-ethyl adjacent to an activating group) is 1. The van der Waals surface area contributed by atoms with Crippen LogP contribution in [0.15, 0.2) is 18.2 Å². The molecule has 0 spiro atoms. The molecule has 0 bridgehead atoms. The Kier molecular flexibility index (Phi) is 6.93. The topological polar surface area (TPSA) is 60.1 Å². The third kappa shape index (κ3) is 5.82. The number of morpholine rings is 1. The third-order valence-electron chi connectivity index (χ3n) is 5.34. The number of piperazine rings is 1. The number of hydrogen-bond donors (Lipinski definition) is 2. The van der Waals surface area contributed by atoms with Crippen LogP contribution in [0.25, 0.3) is 0 Å². The van der Waals surface area contributed by atoms with Crippen LogP contribution in [0.4, 0.5) is 16.2 Å². The fourth-order valence-corrected chi connectivity index (χ4v) is 3.65. The molecule has 2 amide bonds. The summed E-state index contributed by atoms with van der Waals surface area (Å²) >= 11 is 0. The van der Waals surface area contributed by atoms with E-state index in [-0.39, 0.29) is 12.1 Å². The van der Waals surface area contributed by atoms with E-state index >= 15 is 0 Å². The fourth-order valence-electron chi connectivity index (χ4n) is 3.65. The molecule has 0 radical (unpaired) electrons. The van der Waals surface area contributed by atoms with Crippen LogP contribution in [-0.2, 0) is 4.74 Å². The number of carbonyl (C=O) groups is 1. The van der Waals surface area contributed by atoms with Gasteiger partial charge in [0.05, 0.1) is 13.2 Å². The smallest absolute Gasteiger partial charge is 0.319 e. The number of amides is 2. The largest absolute Gasteiger partial charge is 0.379 e. The Morgan fingerprint density at radius 2 is 1.85 bits per heavy atom. The maximum Gasteiger partial charge on any atom is 0.319 e. The molecule has 1 atom stereocenters. The summed E-state index contributed by atoms with van der Waals surface area (Å²) in [6.45, 7) is 12.6. The van der Waals surface area contributed by atoms with Crippen LogP contribution in [-0.4, -0.2) is 87.9 Å². The van der Waals surface area contributed by atoms with Crippen LogP contribution >= 0.6 is 0 Å². The SMILES string of the molecule is Cc1cc(N2CCN(C)CC2)ccc1NC(=O)NC(C)CN1CCOCC1. The predicted molar refractivity (Wildman–Crippen MR) is 110 cm³/mol. The van der Waals surface area contributed by atoms with Gasteiger partial charge in [0, 0.05) is 63.2 Å². The van der Waals surface area contributed by atoms with E-state index < -0.39 is 0 Å². The van der Waals surface area contributed by atoms with Crippen molar-refractivity contribution in [2.24, 2.45) is 0 Å². The number of urea groups is 1. The van der Waals surface area contributed by atoms with Gasteiger partial charge in [-0.3, -0.25) is 4.90 Å². The van der Waals surface area contributed by atoms with E-state index in [0.717, 1.165) is 70.3 Å². The summed E-state index contributed by atoms with van der Waals surface area (Å²) in [5.74, 6) is 0. The van der Waals surface area contributed by atoms with E-state index in [9.17, 15) is 4.79 Å². The monoisotopic (exact) mass is 375 g/mol. The second-order valence-corrected chi connectivity index (χ2v) is 7.70. The third-order valence-corrected chi connectivity index (χ3v) is 5.34. The Morgan fingerprint density at radius 1 is 1.15 bits per heavy atom. The Hall–Kier alpha value is -1.83. The molecule has 1 aromatic carbocycles. The van der Waals surface area contributed by atoms with Crippen LogP contribution in [0.3, 0.4) is 0 Å². The van der Waals surface area contributed by atoms with Crippen LogP contribution in [0.2, 0.25) is 0 Å². The van der Waals surface area contributed by atoms with Gasteiger partial charge in [0.15, 0.2) is 0 Å². The molecule has 2 aliphatic heterocycles. The molecule has 3 rings (SSSR count). The van der Waals surface area contributed by atoms with Crippen LogP contribution in [0.1, 0.15) is 12.5 Å². The number of anilines is 2. The van der Waals surface area contributed by atoms with E-state index in [4.69, 9.17) is 4.74 Å². The second-order valence-electron chi connectivity index (χ2n) is 7.70. The highest BCUT2D eigenvalue weighted by Gasteiger charge is 2.17. The lowest BCUT2D eigenvalue weighted by Crippen LogP contribution is -2.47. The van der Waals surface area contributed by atoms with E-state index in [2.05, 4.69) is 44.5 Å². The van der Waals surface area contributed by atoms with Crippen molar-refractivity contribution >= 4 is 17.4 Å². The number of carbonyl (C=O) groups excluding carboxylic acids is 1. The van der Waals surface area contributed by atoms with Crippen molar-refractivity contribution in [3.05, 3.63) is 23.8 Å². The summed E-state index contributed by atoms with van der Waals surface area (Å²) in [5.41, 5.74) is 3.18. The molecular weight excluding hydrogens is 342 g/mol. The zero-order chi connectivity index (χ0) is 19.2. The van der Waals surface area contributed by atoms with Gasteiger partial charge in [-0.1, -0.05) is 0 Å². The maximum absolute atomic E-state index is 12.4. The van der Waals surface area contributed by atoms with Crippen molar-refractivity contribution in [1.29, 1.82) is 0 Å². The van der Waals surface area contributed by atoms with Crippen molar-refractivity contribution in [2.75, 3.05) is 76.3 Å². The van der Waals surface area contributed by atoms with Gasteiger partial charge in [-0.25, -0.2) is 4.79 Å². The summed E-state index contributed by atoms with van der Waals surface area (Å²) in [7, 11) is 2.16. The van der Waals surface area contributed by atoms with Gasteiger partial charge in [-0.2, -0.15) is 0 Å². The van der Waals surface area contributed by atoms with Gasteiger partial charge >= 0.3 is 6.03 Å². The minimum absolute atomic E-state index is 0.0908. The summed E-state index contributed by atoms with van der Waals surface area (Å²) in [6.07, 6.45) is 0. The Bertz CT molecular complexity index is 625. The van der Waals surface area contributed by atoms with Crippen molar-refractivity contribution < 1.29 is 9.53 Å². The van der Waals surface area contributed by atoms with E-state index in [1.165, 1.54) is 5.69 Å². The molecule has 2 aliphatic rings. The molecule has 2 heterocycles. The fraction of sp³-hybridized carbons (Fsp3) is 0.650. The number of nitrogens with zero attached hydrogens (tertiary/aromatic N) is 3. The first kappa shape index (κ1) is 19.9. The first-order chi connectivity index (χ1) is 13.0. The highest BCUT2D eigenvalue weighted by molar-refractivity contribution is 5.90. The number of ether oxygens (including phenoxy) is 1. The van der Waals surface area contributed by atoms with Crippen molar-refractivity contribution in [3.8, 4) is 0 Å². The lowest BCUT2D eigenvalue weighted by molar-refractivity contribution is 0.0350. The molecular formula is C20H33N5O2. The molecule has 0 saturated carbocycles. The molecule has 1 unspecified atom stereocenters. The van der Waals surface area contributed by atoms with Crippen LogP contribution < -0.4 is 15.5 Å². The van der Waals surface area contributed by atoms with Gasteiger partial charge in [0.1, 0.15) is 0 Å². The molecule has 7 nitrogen and oxygen atoms in total. The average Bonchev–Trinajstić information content (AvgIpc) is 2.64. The number of benzene rings is 1. The Balaban J connectivity index is 1.50. The molecule has 2 N–H and O–H groups in total. The number of rotatable bonds is 5. The van der Waals surface area contributed by atoms with Gasteiger partial charge in [0.25, 0.3) is 0 Å². The molecule has 0 aromatic heterocycles. The van der Waals surface area contributed by atoms with E-state index in [1.54, 1.807) is 0 Å². The lowest BCUT2D eigenvalue weighted by atomic mass is 10.1. The second kappa shape index (κ2) is 9.39. The highest BCUT2D eigenvalue weighted by Crippen LogP contribution is 2.23. The number of aryl methyl sites for hydroxylation is 1. The highest BCUT2D eigenvalue weighted by atomic mass is 16.5. The van der Waals surface area contributed by atoms with E-state index in [0.29, 0.717) is 0 Å². The predicted octanol–water partition coefficient (Wildman–Crippen LogP) is 1.59. The summed E-state index contributed by atoms with van der Waals surface area (Å²) in [4.78, 5) is 19.4. The first-order valence-electron chi connectivity index (χ1n) is 9.93. The summed E-state index contributed by atoms with van der Waals surface area (Å²) in [5, 5.41) is 6.03. The zero-order valence-corrected chi connectivity index (χ0v) is 16.8. The molecule has 2 saturated heterocycles. The van der Waals surface area contributed by atoms with Crippen LogP contribution in [0, 0.1) is 6.92 Å². The Labute approximate surface area is 162 Å².